The molecule has 4 heteroatoms. The van der Waals surface area contributed by atoms with Gasteiger partial charge in [-0.15, -0.1) is 0 Å². The van der Waals surface area contributed by atoms with Crippen molar-refractivity contribution in [3.63, 3.8) is 0 Å². The minimum atomic E-state index is -0.450. The van der Waals surface area contributed by atoms with Gasteiger partial charge in [-0.3, -0.25) is 4.79 Å². The first kappa shape index (κ1) is 12.9. The maximum atomic E-state index is 11.7. The molecule has 0 aliphatic carbocycles. The smallest absolute Gasteiger partial charge is 0.239 e. The lowest BCUT2D eigenvalue weighted by Gasteiger charge is -2.25. The molecule has 0 bridgehead atoms. The zero-order valence-electron chi connectivity index (χ0n) is 9.16. The zero-order valence-corrected chi connectivity index (χ0v) is 9.16. The summed E-state index contributed by atoms with van der Waals surface area (Å²) in [6, 6.07) is 1.57. The summed E-state index contributed by atoms with van der Waals surface area (Å²) in [6.45, 7) is 6.82. The summed E-state index contributed by atoms with van der Waals surface area (Å²) in [5.41, 5.74) is 5.73. The Balaban J connectivity index is 4.24. The second-order valence-electron chi connectivity index (χ2n) is 3.60. The van der Waals surface area contributed by atoms with Crippen LogP contribution in [0.5, 0.6) is 0 Å². The number of rotatable bonds is 5. The molecule has 0 saturated carbocycles. The van der Waals surface area contributed by atoms with Crippen LogP contribution in [0.1, 0.15) is 27.2 Å². The maximum absolute atomic E-state index is 11.7. The number of nitriles is 1. The molecule has 4 nitrogen and oxygen atoms in total. The van der Waals surface area contributed by atoms with Gasteiger partial charge in [0.2, 0.25) is 5.91 Å². The van der Waals surface area contributed by atoms with Gasteiger partial charge in [0.25, 0.3) is 0 Å². The molecule has 0 radical (unpaired) electrons. The fraction of sp³-hybridized carbons (Fsp3) is 0.800. The van der Waals surface area contributed by atoms with E-state index < -0.39 is 6.04 Å². The van der Waals surface area contributed by atoms with E-state index in [9.17, 15) is 4.79 Å². The largest absolute Gasteiger partial charge is 0.341 e. The van der Waals surface area contributed by atoms with Crippen molar-refractivity contribution in [1.82, 2.24) is 4.90 Å². The summed E-state index contributed by atoms with van der Waals surface area (Å²) >= 11 is 0. The first-order valence-corrected chi connectivity index (χ1v) is 4.95. The van der Waals surface area contributed by atoms with Crippen LogP contribution in [-0.2, 0) is 4.79 Å². The molecule has 0 aromatic heterocycles. The van der Waals surface area contributed by atoms with E-state index in [1.807, 2.05) is 26.8 Å². The molecule has 14 heavy (non-hydrogen) atoms. The topological polar surface area (TPSA) is 70.1 Å². The van der Waals surface area contributed by atoms with Crippen molar-refractivity contribution >= 4 is 5.91 Å². The van der Waals surface area contributed by atoms with Crippen LogP contribution in [0.3, 0.4) is 0 Å². The van der Waals surface area contributed by atoms with Crippen molar-refractivity contribution in [1.29, 1.82) is 5.26 Å². The number of likely N-dealkylation sites (N-methyl/N-ethyl adjacent to an activating group) is 1. The second kappa shape index (κ2) is 6.39. The van der Waals surface area contributed by atoms with Gasteiger partial charge < -0.3 is 10.6 Å². The van der Waals surface area contributed by atoms with Crippen molar-refractivity contribution < 1.29 is 4.79 Å². The van der Waals surface area contributed by atoms with E-state index in [4.69, 9.17) is 11.0 Å². The van der Waals surface area contributed by atoms with Crippen LogP contribution in [0.2, 0.25) is 0 Å². The lowest BCUT2D eigenvalue weighted by molar-refractivity contribution is -0.133. The van der Waals surface area contributed by atoms with Crippen molar-refractivity contribution in [2.45, 2.75) is 33.2 Å². The van der Waals surface area contributed by atoms with E-state index in [1.54, 1.807) is 4.90 Å². The molecule has 1 atom stereocenters. The molecule has 0 unspecified atom stereocenters. The Kier molecular flexibility index (Phi) is 5.89. The molecule has 0 saturated heterocycles. The number of amides is 1. The number of carbonyl (C=O) groups is 1. The van der Waals surface area contributed by atoms with Gasteiger partial charge in [0.15, 0.2) is 0 Å². The van der Waals surface area contributed by atoms with E-state index in [2.05, 4.69) is 0 Å². The molecule has 0 aliphatic rings. The third-order valence-corrected chi connectivity index (χ3v) is 2.19. The first-order valence-electron chi connectivity index (χ1n) is 4.95. The molecule has 0 aromatic carbocycles. The van der Waals surface area contributed by atoms with E-state index in [0.717, 1.165) is 0 Å². The highest BCUT2D eigenvalue weighted by Crippen LogP contribution is 2.03. The molecule has 0 rings (SSSR count). The van der Waals surface area contributed by atoms with Gasteiger partial charge in [-0.25, -0.2) is 0 Å². The van der Waals surface area contributed by atoms with Gasteiger partial charge in [-0.1, -0.05) is 13.8 Å². The van der Waals surface area contributed by atoms with E-state index in [-0.39, 0.29) is 11.8 Å². The minimum Gasteiger partial charge on any atom is -0.341 e. The van der Waals surface area contributed by atoms with Crippen LogP contribution in [0.15, 0.2) is 0 Å². The van der Waals surface area contributed by atoms with Gasteiger partial charge in [-0.2, -0.15) is 5.26 Å². The highest BCUT2D eigenvalue weighted by Gasteiger charge is 2.21. The Morgan fingerprint density at radius 3 is 2.50 bits per heavy atom. The van der Waals surface area contributed by atoms with Gasteiger partial charge in [0.1, 0.15) is 0 Å². The third-order valence-electron chi connectivity index (χ3n) is 2.19. The monoisotopic (exact) mass is 197 g/mol. The quantitative estimate of drug-likeness (QED) is 0.706. The molecule has 0 aliphatic heterocycles. The van der Waals surface area contributed by atoms with E-state index in [0.29, 0.717) is 19.5 Å². The molecule has 0 fully saturated rings. The number of nitrogens with zero attached hydrogens (tertiary/aromatic N) is 2. The SMILES string of the molecule is CCN(CCC#N)C(=O)[C@H](N)C(C)C. The van der Waals surface area contributed by atoms with Crippen molar-refractivity contribution in [3.8, 4) is 6.07 Å². The minimum absolute atomic E-state index is 0.0576. The Labute approximate surface area is 85.7 Å². The molecule has 0 aromatic rings. The fourth-order valence-corrected chi connectivity index (χ4v) is 1.11. The average Bonchev–Trinajstić information content (AvgIpc) is 2.17. The van der Waals surface area contributed by atoms with Crippen molar-refractivity contribution in [2.24, 2.45) is 11.7 Å². The summed E-state index contributed by atoms with van der Waals surface area (Å²) in [4.78, 5) is 13.3. The van der Waals surface area contributed by atoms with Crippen LogP contribution in [0.25, 0.3) is 0 Å². The third kappa shape index (κ3) is 3.75. The number of carbonyl (C=O) groups excluding carboxylic acids is 1. The summed E-state index contributed by atoms with van der Waals surface area (Å²) in [5, 5.41) is 8.42. The van der Waals surface area contributed by atoms with Gasteiger partial charge in [0.05, 0.1) is 18.5 Å². The predicted molar refractivity (Wildman–Crippen MR) is 55.3 cm³/mol. The van der Waals surface area contributed by atoms with Gasteiger partial charge >= 0.3 is 0 Å². The Morgan fingerprint density at radius 2 is 2.14 bits per heavy atom. The highest BCUT2D eigenvalue weighted by molar-refractivity contribution is 5.81. The Morgan fingerprint density at radius 1 is 1.57 bits per heavy atom. The second-order valence-corrected chi connectivity index (χ2v) is 3.60. The lowest BCUT2D eigenvalue weighted by Crippen LogP contribution is -2.46. The average molecular weight is 197 g/mol. The standard InChI is InChI=1S/C10H19N3O/c1-4-13(7-5-6-11)10(14)9(12)8(2)3/h8-9H,4-5,7,12H2,1-3H3/t9-/m1/s1. The Hall–Kier alpha value is -1.08. The molecule has 1 amide bonds. The molecular weight excluding hydrogens is 178 g/mol. The zero-order chi connectivity index (χ0) is 11.1. The van der Waals surface area contributed by atoms with Crippen molar-refractivity contribution in [2.75, 3.05) is 13.1 Å². The molecule has 2 N–H and O–H groups in total. The normalized spacial score (nSPS) is 12.3. The molecular formula is C10H19N3O. The summed E-state index contributed by atoms with van der Waals surface area (Å²) < 4.78 is 0. The number of hydrogen-bond acceptors (Lipinski definition) is 3. The molecule has 0 heterocycles. The molecule has 0 spiro atoms. The van der Waals surface area contributed by atoms with Crippen LogP contribution in [0.4, 0.5) is 0 Å². The van der Waals surface area contributed by atoms with E-state index in [1.165, 1.54) is 0 Å². The van der Waals surface area contributed by atoms with Crippen LogP contribution < -0.4 is 5.73 Å². The Bertz CT molecular complexity index is 220. The fourth-order valence-electron chi connectivity index (χ4n) is 1.11. The summed E-state index contributed by atoms with van der Waals surface area (Å²) in [5.74, 6) is 0.0800. The molecule has 80 valence electrons. The van der Waals surface area contributed by atoms with Crippen LogP contribution in [-0.4, -0.2) is 29.9 Å². The lowest BCUT2D eigenvalue weighted by atomic mass is 10.0. The highest BCUT2D eigenvalue weighted by atomic mass is 16.2. The summed E-state index contributed by atoms with van der Waals surface area (Å²) in [6.07, 6.45) is 0.365. The van der Waals surface area contributed by atoms with E-state index >= 15 is 0 Å². The maximum Gasteiger partial charge on any atom is 0.239 e. The van der Waals surface area contributed by atoms with Crippen LogP contribution >= 0.6 is 0 Å². The number of nitrogens with two attached hydrogens (primary N) is 1. The summed E-state index contributed by atoms with van der Waals surface area (Å²) in [7, 11) is 0. The first-order chi connectivity index (χ1) is 6.54. The van der Waals surface area contributed by atoms with Gasteiger partial charge in [-0.05, 0) is 12.8 Å². The van der Waals surface area contributed by atoms with Crippen molar-refractivity contribution in [3.05, 3.63) is 0 Å². The van der Waals surface area contributed by atoms with Gasteiger partial charge in [0, 0.05) is 13.1 Å². The van der Waals surface area contributed by atoms with Crippen LogP contribution in [0, 0.1) is 17.2 Å². The predicted octanol–water partition coefficient (Wildman–Crippen LogP) is 0.732. The number of hydrogen-bond donors (Lipinski definition) is 1.